The van der Waals surface area contributed by atoms with E-state index in [4.69, 9.17) is 16.6 Å². The van der Waals surface area contributed by atoms with Gasteiger partial charge in [-0.1, -0.05) is 24.4 Å². The number of benzene rings is 1. The summed E-state index contributed by atoms with van der Waals surface area (Å²) in [6, 6.07) is 10.2. The molecule has 0 radical (unpaired) electrons. The minimum Gasteiger partial charge on any atom is -0.506 e. The molecule has 0 spiro atoms. The van der Waals surface area contributed by atoms with E-state index in [1.165, 1.54) is 6.21 Å². The molecule has 22 heavy (non-hydrogen) atoms. The highest BCUT2D eigenvalue weighted by molar-refractivity contribution is 7.80. The molecule has 0 aliphatic heterocycles. The van der Waals surface area contributed by atoms with Crippen LogP contribution in [0.3, 0.4) is 0 Å². The Hall–Kier alpha value is -2.86. The van der Waals surface area contributed by atoms with Crippen molar-refractivity contribution in [2.45, 2.75) is 0 Å². The largest absolute Gasteiger partial charge is 0.506 e. The summed E-state index contributed by atoms with van der Waals surface area (Å²) in [5, 5.41) is 10.7. The van der Waals surface area contributed by atoms with E-state index < -0.39 is 5.63 Å². The van der Waals surface area contributed by atoms with Crippen LogP contribution in [0.15, 0.2) is 63.0 Å². The van der Waals surface area contributed by atoms with Crippen LogP contribution in [-0.4, -0.2) is 21.3 Å². The fourth-order valence-corrected chi connectivity index (χ4v) is 2.14. The predicted octanol–water partition coefficient (Wildman–Crippen LogP) is 2.69. The minimum absolute atomic E-state index is 0.0323. The van der Waals surface area contributed by atoms with Crippen molar-refractivity contribution in [1.29, 1.82) is 0 Å². The van der Waals surface area contributed by atoms with Gasteiger partial charge in [0, 0.05) is 24.2 Å². The fourth-order valence-electron chi connectivity index (χ4n) is 1.95. The molecular weight excluding hydrogens is 300 g/mol. The van der Waals surface area contributed by atoms with Crippen LogP contribution < -0.4 is 5.63 Å². The van der Waals surface area contributed by atoms with Gasteiger partial charge in [0.2, 0.25) is 0 Å². The second-order valence-corrected chi connectivity index (χ2v) is 4.83. The molecule has 0 saturated heterocycles. The lowest BCUT2D eigenvalue weighted by atomic mass is 10.1. The summed E-state index contributed by atoms with van der Waals surface area (Å²) in [6.45, 7) is 0. The summed E-state index contributed by atoms with van der Waals surface area (Å²) in [7, 11) is 0. The fraction of sp³-hybridized carbons (Fsp3) is 0. The molecule has 0 unspecified atom stereocenters. The lowest BCUT2D eigenvalue weighted by Crippen LogP contribution is -2.08. The molecule has 0 atom stereocenters. The number of aliphatic imine (C=N–C) groups is 1. The molecule has 0 fully saturated rings. The highest BCUT2D eigenvalue weighted by Crippen LogP contribution is 2.24. The molecule has 0 bridgehead atoms. The third-order valence-electron chi connectivity index (χ3n) is 3.06. The molecule has 1 aromatic carbocycles. The minimum atomic E-state index is -0.669. The van der Waals surface area contributed by atoms with Crippen LogP contribution in [0.4, 0.5) is 0 Å². The third-order valence-corrected chi connectivity index (χ3v) is 3.40. The number of fused-ring (bicyclic) bond motifs is 1. The van der Waals surface area contributed by atoms with E-state index in [1.807, 2.05) is 0 Å². The molecule has 0 saturated carbocycles. The SMILES string of the molecule is O=c1oc2ccccc2c(O)c1C=NC(=S)c1ccncc1. The molecule has 2 heterocycles. The number of pyridine rings is 1. The van der Waals surface area contributed by atoms with Crippen molar-refractivity contribution in [2.75, 3.05) is 0 Å². The number of aromatic hydroxyl groups is 1. The summed E-state index contributed by atoms with van der Waals surface area (Å²) < 4.78 is 5.15. The number of aromatic nitrogens is 1. The molecular formula is C16H10N2O3S. The molecule has 0 aliphatic rings. The first kappa shape index (κ1) is 14.1. The average molecular weight is 310 g/mol. The van der Waals surface area contributed by atoms with E-state index in [1.54, 1.807) is 48.8 Å². The number of para-hydroxylation sites is 1. The average Bonchev–Trinajstić information content (AvgIpc) is 2.55. The van der Waals surface area contributed by atoms with E-state index >= 15 is 0 Å². The van der Waals surface area contributed by atoms with Crippen LogP contribution in [0.5, 0.6) is 5.75 Å². The summed E-state index contributed by atoms with van der Waals surface area (Å²) in [5.41, 5.74) is 0.317. The van der Waals surface area contributed by atoms with Gasteiger partial charge in [0.25, 0.3) is 0 Å². The van der Waals surface area contributed by atoms with Crippen molar-refractivity contribution in [3.05, 3.63) is 70.3 Å². The smallest absolute Gasteiger partial charge is 0.348 e. The van der Waals surface area contributed by atoms with Crippen LogP contribution in [-0.2, 0) is 0 Å². The predicted molar refractivity (Wildman–Crippen MR) is 87.7 cm³/mol. The summed E-state index contributed by atoms with van der Waals surface area (Å²) >= 11 is 5.16. The van der Waals surface area contributed by atoms with Gasteiger partial charge in [-0.25, -0.2) is 9.79 Å². The molecule has 0 amide bonds. The highest BCUT2D eigenvalue weighted by Gasteiger charge is 2.11. The number of hydrogen-bond donors (Lipinski definition) is 1. The summed E-state index contributed by atoms with van der Waals surface area (Å²) in [5.74, 6) is -0.173. The first-order valence-corrected chi connectivity index (χ1v) is 6.81. The van der Waals surface area contributed by atoms with E-state index in [2.05, 4.69) is 9.98 Å². The van der Waals surface area contributed by atoms with Crippen LogP contribution >= 0.6 is 12.2 Å². The Bertz CT molecular complexity index is 933. The Labute approximate surface area is 130 Å². The van der Waals surface area contributed by atoms with Crippen molar-refractivity contribution >= 4 is 34.4 Å². The van der Waals surface area contributed by atoms with Gasteiger partial charge < -0.3 is 9.52 Å². The van der Waals surface area contributed by atoms with Gasteiger partial charge >= 0.3 is 5.63 Å². The van der Waals surface area contributed by atoms with Crippen molar-refractivity contribution in [2.24, 2.45) is 4.99 Å². The maximum Gasteiger partial charge on any atom is 0.348 e. The Balaban J connectivity index is 2.02. The van der Waals surface area contributed by atoms with Gasteiger partial charge in [-0.3, -0.25) is 4.98 Å². The second kappa shape index (κ2) is 5.87. The monoisotopic (exact) mass is 310 g/mol. The number of thiocarbonyl (C=S) groups is 1. The first-order chi connectivity index (χ1) is 10.7. The molecule has 108 valence electrons. The highest BCUT2D eigenvalue weighted by atomic mass is 32.1. The van der Waals surface area contributed by atoms with Crippen LogP contribution in [0.1, 0.15) is 11.1 Å². The number of nitrogens with zero attached hydrogens (tertiary/aromatic N) is 2. The van der Waals surface area contributed by atoms with Gasteiger partial charge in [0.05, 0.1) is 5.39 Å². The Morgan fingerprint density at radius 1 is 1.23 bits per heavy atom. The van der Waals surface area contributed by atoms with Crippen molar-refractivity contribution < 1.29 is 9.52 Å². The lowest BCUT2D eigenvalue weighted by Gasteiger charge is -2.02. The second-order valence-electron chi connectivity index (χ2n) is 4.45. The number of rotatable bonds is 2. The van der Waals surface area contributed by atoms with Gasteiger partial charge in [-0.2, -0.15) is 0 Å². The van der Waals surface area contributed by atoms with E-state index in [0.29, 0.717) is 16.5 Å². The molecule has 6 heteroatoms. The standard InChI is InChI=1S/C16H10N2O3S/c19-14-11-3-1-2-4-13(11)21-16(20)12(14)9-18-15(22)10-5-7-17-8-6-10/h1-9,19H. The van der Waals surface area contributed by atoms with Gasteiger partial charge in [-0.05, 0) is 24.3 Å². The quantitative estimate of drug-likeness (QED) is 0.447. The van der Waals surface area contributed by atoms with Gasteiger partial charge in [-0.15, -0.1) is 0 Å². The maximum atomic E-state index is 11.9. The zero-order valence-corrected chi connectivity index (χ0v) is 12.1. The topological polar surface area (TPSA) is 75.7 Å². The zero-order valence-electron chi connectivity index (χ0n) is 11.3. The number of hydrogen-bond acceptors (Lipinski definition) is 5. The molecule has 3 rings (SSSR count). The molecule has 3 aromatic rings. The Morgan fingerprint density at radius 3 is 2.73 bits per heavy atom. The third kappa shape index (κ3) is 2.64. The first-order valence-electron chi connectivity index (χ1n) is 6.40. The van der Waals surface area contributed by atoms with E-state index in [0.717, 1.165) is 0 Å². The van der Waals surface area contributed by atoms with E-state index in [9.17, 15) is 9.90 Å². The normalized spacial score (nSPS) is 11.1. The molecule has 1 N–H and O–H groups in total. The van der Waals surface area contributed by atoms with Gasteiger partial charge in [0.15, 0.2) is 0 Å². The Morgan fingerprint density at radius 2 is 1.95 bits per heavy atom. The van der Waals surface area contributed by atoms with Crippen molar-refractivity contribution in [3.63, 3.8) is 0 Å². The summed E-state index contributed by atoms with van der Waals surface area (Å²) in [4.78, 5) is 20.2. The Kier molecular flexibility index (Phi) is 3.76. The zero-order chi connectivity index (χ0) is 15.5. The molecule has 5 nitrogen and oxygen atoms in total. The van der Waals surface area contributed by atoms with E-state index in [-0.39, 0.29) is 16.3 Å². The summed E-state index contributed by atoms with van der Waals surface area (Å²) in [6.07, 6.45) is 4.41. The maximum absolute atomic E-state index is 11.9. The van der Waals surface area contributed by atoms with Crippen molar-refractivity contribution in [3.8, 4) is 5.75 Å². The van der Waals surface area contributed by atoms with Crippen LogP contribution in [0.2, 0.25) is 0 Å². The lowest BCUT2D eigenvalue weighted by molar-refractivity contribution is 0.466. The van der Waals surface area contributed by atoms with Gasteiger partial charge in [0.1, 0.15) is 21.9 Å². The molecule has 0 aliphatic carbocycles. The molecule has 2 aromatic heterocycles. The van der Waals surface area contributed by atoms with Crippen LogP contribution in [0, 0.1) is 0 Å². The van der Waals surface area contributed by atoms with Crippen LogP contribution in [0.25, 0.3) is 11.0 Å². The van der Waals surface area contributed by atoms with Crippen molar-refractivity contribution in [1.82, 2.24) is 4.98 Å².